The zero-order valence-corrected chi connectivity index (χ0v) is 12.3. The molecule has 21 heavy (non-hydrogen) atoms. The van der Waals surface area contributed by atoms with Gasteiger partial charge in [0.2, 0.25) is 6.04 Å². The average molecular weight is 294 g/mol. The van der Waals surface area contributed by atoms with E-state index in [1.807, 2.05) is 6.92 Å². The van der Waals surface area contributed by atoms with Crippen LogP contribution in [0.15, 0.2) is 24.3 Å². The molecule has 0 spiro atoms. The van der Waals surface area contributed by atoms with Crippen LogP contribution in [0.5, 0.6) is 5.75 Å². The monoisotopic (exact) mass is 294 g/mol. The average Bonchev–Trinajstić information content (AvgIpc) is 2.45. The summed E-state index contributed by atoms with van der Waals surface area (Å²) < 4.78 is 5.53. The van der Waals surface area contributed by atoms with Crippen molar-refractivity contribution >= 4 is 5.91 Å². The molecule has 1 rings (SSSR count). The van der Waals surface area contributed by atoms with Crippen molar-refractivity contribution in [2.24, 2.45) is 5.73 Å². The second-order valence-corrected chi connectivity index (χ2v) is 4.93. The first-order chi connectivity index (χ1) is 10.1. The molecule has 0 aliphatic heterocycles. The lowest BCUT2D eigenvalue weighted by molar-refractivity contribution is -0.524. The van der Waals surface area contributed by atoms with Crippen molar-refractivity contribution in [1.29, 1.82) is 0 Å². The molecule has 0 saturated carbocycles. The number of ether oxygens (including phenoxy) is 1. The minimum Gasteiger partial charge on any atom is -0.493 e. The number of para-hydroxylation sites is 1. The molecule has 0 radical (unpaired) electrons. The molecule has 0 aliphatic carbocycles. The van der Waals surface area contributed by atoms with E-state index in [0.29, 0.717) is 37.2 Å². The van der Waals surface area contributed by atoms with Crippen molar-refractivity contribution in [3.8, 4) is 5.75 Å². The van der Waals surface area contributed by atoms with Crippen molar-refractivity contribution in [2.75, 3.05) is 6.61 Å². The van der Waals surface area contributed by atoms with E-state index in [9.17, 15) is 14.9 Å². The van der Waals surface area contributed by atoms with Crippen LogP contribution in [0, 0.1) is 10.1 Å². The molecular weight excluding hydrogens is 272 g/mol. The molecule has 1 unspecified atom stereocenters. The Balaban J connectivity index is 2.34. The normalized spacial score (nSPS) is 11.9. The molecule has 0 aromatic heterocycles. The van der Waals surface area contributed by atoms with Gasteiger partial charge in [0.25, 0.3) is 5.91 Å². The Bertz CT molecular complexity index is 476. The molecule has 0 aliphatic rings. The lowest BCUT2D eigenvalue weighted by Crippen LogP contribution is -2.19. The smallest absolute Gasteiger partial charge is 0.252 e. The molecule has 1 atom stereocenters. The van der Waals surface area contributed by atoms with Crippen LogP contribution in [-0.4, -0.2) is 23.5 Å². The third kappa shape index (κ3) is 5.81. The van der Waals surface area contributed by atoms with Crippen LogP contribution in [0.4, 0.5) is 0 Å². The number of amides is 1. The molecule has 6 heteroatoms. The number of rotatable bonds is 10. The number of hydrogen-bond acceptors (Lipinski definition) is 4. The number of nitrogens with zero attached hydrogens (tertiary/aromatic N) is 1. The SMILES string of the molecule is CCCC(CCCCOc1ccccc1C(N)=O)[N+](=O)[O-]. The molecule has 0 fully saturated rings. The van der Waals surface area contributed by atoms with Crippen LogP contribution in [0.1, 0.15) is 49.4 Å². The number of nitro groups is 1. The first-order valence-electron chi connectivity index (χ1n) is 7.21. The van der Waals surface area contributed by atoms with E-state index >= 15 is 0 Å². The van der Waals surface area contributed by atoms with Gasteiger partial charge in [-0.25, -0.2) is 0 Å². The summed E-state index contributed by atoms with van der Waals surface area (Å²) in [6, 6.07) is 6.33. The Hall–Kier alpha value is -2.11. The third-order valence-electron chi connectivity index (χ3n) is 3.26. The maximum absolute atomic E-state index is 11.2. The number of carbonyl (C=O) groups is 1. The van der Waals surface area contributed by atoms with Gasteiger partial charge in [-0.05, 0) is 31.4 Å². The summed E-state index contributed by atoms with van der Waals surface area (Å²) in [6.45, 7) is 2.36. The number of carbonyl (C=O) groups excluding carboxylic acids is 1. The molecule has 1 aromatic rings. The highest BCUT2D eigenvalue weighted by molar-refractivity contribution is 5.95. The second kappa shape index (κ2) is 8.94. The van der Waals surface area contributed by atoms with Gasteiger partial charge in [-0.3, -0.25) is 14.9 Å². The number of nitrogens with two attached hydrogens (primary N) is 1. The van der Waals surface area contributed by atoms with E-state index < -0.39 is 11.9 Å². The van der Waals surface area contributed by atoms with Gasteiger partial charge in [0.1, 0.15) is 5.75 Å². The first-order valence-corrected chi connectivity index (χ1v) is 7.21. The molecule has 0 bridgehead atoms. The van der Waals surface area contributed by atoms with Crippen LogP contribution in [0.3, 0.4) is 0 Å². The number of unbranched alkanes of at least 4 members (excludes halogenated alkanes) is 1. The summed E-state index contributed by atoms with van der Waals surface area (Å²) in [4.78, 5) is 21.8. The molecule has 0 heterocycles. The lowest BCUT2D eigenvalue weighted by atomic mass is 10.1. The fourth-order valence-corrected chi connectivity index (χ4v) is 2.15. The van der Waals surface area contributed by atoms with Crippen molar-refractivity contribution in [2.45, 2.75) is 45.1 Å². The summed E-state index contributed by atoms with van der Waals surface area (Å²) in [5.41, 5.74) is 5.61. The van der Waals surface area contributed by atoms with Gasteiger partial charge in [0, 0.05) is 17.8 Å². The minimum absolute atomic E-state index is 0.202. The van der Waals surface area contributed by atoms with Gasteiger partial charge < -0.3 is 10.5 Å². The molecule has 1 aromatic carbocycles. The summed E-state index contributed by atoms with van der Waals surface area (Å²) in [6.07, 6.45) is 3.42. The summed E-state index contributed by atoms with van der Waals surface area (Å²) in [5.74, 6) is -0.0636. The number of benzene rings is 1. The molecule has 1 amide bonds. The highest BCUT2D eigenvalue weighted by Crippen LogP contribution is 2.18. The third-order valence-corrected chi connectivity index (χ3v) is 3.26. The van der Waals surface area contributed by atoms with E-state index in [1.165, 1.54) is 0 Å². The van der Waals surface area contributed by atoms with Crippen molar-refractivity contribution in [3.05, 3.63) is 39.9 Å². The maximum atomic E-state index is 11.2. The molecular formula is C15H22N2O4. The van der Waals surface area contributed by atoms with Crippen molar-refractivity contribution in [3.63, 3.8) is 0 Å². The molecule has 2 N–H and O–H groups in total. The Morgan fingerprint density at radius 1 is 1.33 bits per heavy atom. The van der Waals surface area contributed by atoms with Crippen LogP contribution in [-0.2, 0) is 0 Å². The topological polar surface area (TPSA) is 95.5 Å². The zero-order valence-electron chi connectivity index (χ0n) is 12.3. The lowest BCUT2D eigenvalue weighted by Gasteiger charge is -2.10. The molecule has 0 saturated heterocycles. The number of primary amides is 1. The summed E-state index contributed by atoms with van der Waals surface area (Å²) in [7, 11) is 0. The first kappa shape index (κ1) is 16.9. The number of hydrogen-bond donors (Lipinski definition) is 1. The van der Waals surface area contributed by atoms with Gasteiger partial charge in [0.15, 0.2) is 0 Å². The Labute approximate surface area is 124 Å². The van der Waals surface area contributed by atoms with Crippen molar-refractivity contribution < 1.29 is 14.5 Å². The van der Waals surface area contributed by atoms with Crippen LogP contribution < -0.4 is 10.5 Å². The van der Waals surface area contributed by atoms with Crippen LogP contribution >= 0.6 is 0 Å². The van der Waals surface area contributed by atoms with Crippen LogP contribution in [0.25, 0.3) is 0 Å². The Kier molecular flexibility index (Phi) is 7.21. The maximum Gasteiger partial charge on any atom is 0.252 e. The van der Waals surface area contributed by atoms with Crippen LogP contribution in [0.2, 0.25) is 0 Å². The largest absolute Gasteiger partial charge is 0.493 e. The summed E-state index contributed by atoms with van der Waals surface area (Å²) in [5, 5.41) is 10.8. The Morgan fingerprint density at radius 2 is 2.05 bits per heavy atom. The zero-order chi connectivity index (χ0) is 15.7. The van der Waals surface area contributed by atoms with E-state index in [1.54, 1.807) is 24.3 Å². The molecule has 6 nitrogen and oxygen atoms in total. The summed E-state index contributed by atoms with van der Waals surface area (Å²) >= 11 is 0. The van der Waals surface area contributed by atoms with E-state index in [0.717, 1.165) is 12.8 Å². The van der Waals surface area contributed by atoms with Gasteiger partial charge in [-0.2, -0.15) is 0 Å². The predicted octanol–water partition coefficient (Wildman–Crippen LogP) is 2.78. The van der Waals surface area contributed by atoms with E-state index in [2.05, 4.69) is 0 Å². The van der Waals surface area contributed by atoms with E-state index in [-0.39, 0.29) is 4.92 Å². The fourth-order valence-electron chi connectivity index (χ4n) is 2.15. The fraction of sp³-hybridized carbons (Fsp3) is 0.533. The predicted molar refractivity (Wildman–Crippen MR) is 80.0 cm³/mol. The van der Waals surface area contributed by atoms with Crippen molar-refractivity contribution in [1.82, 2.24) is 0 Å². The quantitative estimate of drug-likeness (QED) is 0.407. The van der Waals surface area contributed by atoms with Gasteiger partial charge >= 0.3 is 0 Å². The second-order valence-electron chi connectivity index (χ2n) is 4.93. The highest BCUT2D eigenvalue weighted by Gasteiger charge is 2.17. The highest BCUT2D eigenvalue weighted by atomic mass is 16.6. The molecule has 116 valence electrons. The van der Waals surface area contributed by atoms with E-state index in [4.69, 9.17) is 10.5 Å². The minimum atomic E-state index is -0.526. The van der Waals surface area contributed by atoms with Gasteiger partial charge in [0.05, 0.1) is 12.2 Å². The van der Waals surface area contributed by atoms with Gasteiger partial charge in [-0.15, -0.1) is 0 Å². The standard InChI is InChI=1S/C15H22N2O4/c1-2-7-12(17(19)20)8-5-6-11-21-14-10-4-3-9-13(14)15(16)18/h3-4,9-10,12H,2,5-8,11H2,1H3,(H2,16,18). The Morgan fingerprint density at radius 3 is 2.67 bits per heavy atom. The van der Waals surface area contributed by atoms with Gasteiger partial charge in [-0.1, -0.05) is 19.1 Å².